The van der Waals surface area contributed by atoms with E-state index < -0.39 is 0 Å². The van der Waals surface area contributed by atoms with Crippen molar-refractivity contribution in [2.45, 2.75) is 0 Å². The minimum atomic E-state index is -0.0758. The number of carbonyl (C=O) groups is 1. The summed E-state index contributed by atoms with van der Waals surface area (Å²) in [7, 11) is 0. The quantitative estimate of drug-likeness (QED) is 0.473. The monoisotopic (exact) mass is 228 g/mol. The van der Waals surface area contributed by atoms with Gasteiger partial charge in [0.2, 0.25) is 5.71 Å². The number of hydrogen-bond acceptors (Lipinski definition) is 1. The molecule has 14 heavy (non-hydrogen) atoms. The van der Waals surface area contributed by atoms with Crippen molar-refractivity contribution in [1.82, 2.24) is 0 Å². The van der Waals surface area contributed by atoms with Crippen LogP contribution in [0.25, 0.3) is 6.08 Å². The highest BCUT2D eigenvalue weighted by molar-refractivity contribution is 6.49. The maximum absolute atomic E-state index is 11.4. The number of allylic oxidation sites excluding steroid dienone is 1. The molecule has 0 atom stereocenters. The highest BCUT2D eigenvalue weighted by Crippen LogP contribution is 2.15. The van der Waals surface area contributed by atoms with Gasteiger partial charge < -0.3 is 24.8 Å². The second kappa shape index (κ2) is 4.94. The lowest BCUT2D eigenvalue weighted by atomic mass is 9.95. The minimum absolute atomic E-state index is 0. The predicted octanol–water partition coefficient (Wildman–Crippen LogP) is -5.90. The Bertz CT molecular complexity index is 399. The number of fused-ring (bicyclic) bond motifs is 1. The van der Waals surface area contributed by atoms with Crippen LogP contribution in [0.3, 0.4) is 0 Å². The summed E-state index contributed by atoms with van der Waals surface area (Å²) in [6, 6.07) is 7.42. The number of Topliss-reactive ketones (excluding diaryl/α,β-unsaturated/α-hetero) is 1. The first-order chi connectivity index (χ1) is 5.79. The molecule has 0 heterocycles. The lowest BCUT2D eigenvalue weighted by Gasteiger charge is -2.05. The van der Waals surface area contributed by atoms with Crippen LogP contribution in [-0.2, 0) is 0 Å². The van der Waals surface area contributed by atoms with Crippen LogP contribution in [0, 0.1) is 0 Å². The molecule has 1 aromatic carbocycles. The van der Waals surface area contributed by atoms with E-state index in [4.69, 9.17) is 5.41 Å². The van der Waals surface area contributed by atoms with Crippen molar-refractivity contribution in [1.29, 1.82) is 0 Å². The largest absolute Gasteiger partial charge is 1.00 e. The minimum Gasteiger partial charge on any atom is -1.00 e. The van der Waals surface area contributed by atoms with E-state index in [-0.39, 0.29) is 30.6 Å². The maximum atomic E-state index is 11.4. The van der Waals surface area contributed by atoms with Crippen LogP contribution in [0.2, 0.25) is 0 Å². The average molecular weight is 229 g/mol. The molecule has 0 saturated heterocycles. The molecule has 0 radical (unpaired) electrons. The van der Waals surface area contributed by atoms with Gasteiger partial charge in [0, 0.05) is 11.6 Å². The van der Waals surface area contributed by atoms with E-state index >= 15 is 0 Å². The Kier molecular flexibility index (Phi) is 4.54. The highest BCUT2D eigenvalue weighted by atomic mass is 35.5. The van der Waals surface area contributed by atoms with Gasteiger partial charge in [-0.2, -0.15) is 0 Å². The summed E-state index contributed by atoms with van der Waals surface area (Å²) in [4.78, 5) is 11.4. The molecular formula is C10H8Cl2NO-. The first-order valence-corrected chi connectivity index (χ1v) is 3.73. The molecule has 1 aliphatic rings. The molecule has 1 aliphatic carbocycles. The van der Waals surface area contributed by atoms with Gasteiger partial charge in [0.25, 0.3) is 5.78 Å². The van der Waals surface area contributed by atoms with Crippen LogP contribution in [0.4, 0.5) is 0 Å². The smallest absolute Gasteiger partial charge is 0.256 e. The SMILES string of the molecule is [Cl-].[Cl-].[NH2+]=C1C=Cc2ccccc2C1=O. The second-order valence-electron chi connectivity index (χ2n) is 2.71. The standard InChI is InChI=1S/C10H7NO.2ClH/c11-9-6-5-7-3-1-2-4-8(7)10(9)12;;/h1-6,11H;2*1H/p-1. The zero-order chi connectivity index (χ0) is 8.55. The molecule has 0 aromatic heterocycles. The van der Waals surface area contributed by atoms with E-state index in [0.717, 1.165) is 5.56 Å². The van der Waals surface area contributed by atoms with Crippen LogP contribution in [-0.4, -0.2) is 11.5 Å². The summed E-state index contributed by atoms with van der Waals surface area (Å²) < 4.78 is 0. The lowest BCUT2D eigenvalue weighted by molar-refractivity contribution is -0.110. The maximum Gasteiger partial charge on any atom is 0.256 e. The van der Waals surface area contributed by atoms with Crippen LogP contribution < -0.4 is 30.2 Å². The summed E-state index contributed by atoms with van der Waals surface area (Å²) in [5, 5.41) is 5.47. The van der Waals surface area contributed by atoms with Gasteiger partial charge in [-0.1, -0.05) is 24.3 Å². The molecule has 0 unspecified atom stereocenters. The molecule has 74 valence electrons. The number of nitrogens with two attached hydrogens (primary N) is 1. The van der Waals surface area contributed by atoms with Crippen molar-refractivity contribution in [3.63, 3.8) is 0 Å². The third-order valence-corrected chi connectivity index (χ3v) is 1.91. The fourth-order valence-corrected chi connectivity index (χ4v) is 1.26. The summed E-state index contributed by atoms with van der Waals surface area (Å²) in [6.45, 7) is 0. The summed E-state index contributed by atoms with van der Waals surface area (Å²) in [6.07, 6.45) is 3.50. The van der Waals surface area contributed by atoms with E-state index in [1.54, 1.807) is 12.1 Å². The van der Waals surface area contributed by atoms with Gasteiger partial charge in [0.1, 0.15) is 0 Å². The van der Waals surface area contributed by atoms with Gasteiger partial charge in [-0.15, -0.1) is 0 Å². The molecule has 1 aromatic rings. The van der Waals surface area contributed by atoms with Crippen molar-refractivity contribution in [2.75, 3.05) is 0 Å². The Balaban J connectivity index is 0.000000845. The van der Waals surface area contributed by atoms with E-state index in [9.17, 15) is 4.79 Å². The molecule has 2 N–H and O–H groups in total. The first-order valence-electron chi connectivity index (χ1n) is 3.73. The Morgan fingerprint density at radius 2 is 1.64 bits per heavy atom. The number of carbonyl (C=O) groups excluding carboxylic acids is 1. The van der Waals surface area contributed by atoms with Crippen LogP contribution in [0.15, 0.2) is 30.3 Å². The summed E-state index contributed by atoms with van der Waals surface area (Å²) in [5.74, 6) is -0.0758. The topological polar surface area (TPSA) is 42.7 Å². The number of halogens is 2. The van der Waals surface area contributed by atoms with Crippen molar-refractivity contribution < 1.29 is 35.0 Å². The highest BCUT2D eigenvalue weighted by Gasteiger charge is 2.20. The third kappa shape index (κ3) is 2.03. The van der Waals surface area contributed by atoms with E-state index in [1.165, 1.54) is 0 Å². The molecule has 0 aliphatic heterocycles. The molecular weight excluding hydrogens is 221 g/mol. The van der Waals surface area contributed by atoms with Crippen molar-refractivity contribution in [3.05, 3.63) is 41.5 Å². The summed E-state index contributed by atoms with van der Waals surface area (Å²) in [5.41, 5.74) is 1.95. The van der Waals surface area contributed by atoms with Gasteiger partial charge in [0.05, 0.1) is 0 Å². The number of hydrogen-bond donors (Lipinski definition) is 1. The van der Waals surface area contributed by atoms with Crippen LogP contribution >= 0.6 is 0 Å². The zero-order valence-electron chi connectivity index (χ0n) is 7.21. The van der Waals surface area contributed by atoms with E-state index in [1.807, 2.05) is 24.3 Å². The van der Waals surface area contributed by atoms with Gasteiger partial charge in [-0.25, -0.2) is 0 Å². The van der Waals surface area contributed by atoms with Gasteiger partial charge in [-0.3, -0.25) is 10.2 Å². The lowest BCUT2D eigenvalue weighted by Crippen LogP contribution is -3.00. The normalized spacial score (nSPS) is 12.6. The van der Waals surface area contributed by atoms with E-state index in [0.29, 0.717) is 11.3 Å². The molecule has 0 bridgehead atoms. The van der Waals surface area contributed by atoms with Gasteiger partial charge in [-0.05, 0) is 11.6 Å². The molecule has 0 amide bonds. The van der Waals surface area contributed by atoms with E-state index in [2.05, 4.69) is 0 Å². The van der Waals surface area contributed by atoms with Crippen molar-refractivity contribution >= 4 is 17.6 Å². The van der Waals surface area contributed by atoms with Crippen LogP contribution in [0.1, 0.15) is 15.9 Å². The molecule has 0 saturated carbocycles. The Morgan fingerprint density at radius 3 is 2.36 bits per heavy atom. The molecule has 2 rings (SSSR count). The van der Waals surface area contributed by atoms with Crippen molar-refractivity contribution in [3.8, 4) is 0 Å². The molecule has 2 nitrogen and oxygen atoms in total. The van der Waals surface area contributed by atoms with Crippen molar-refractivity contribution in [2.24, 2.45) is 0 Å². The number of ketones is 1. The Labute approximate surface area is 94.3 Å². The predicted molar refractivity (Wildman–Crippen MR) is 46.7 cm³/mol. The zero-order valence-corrected chi connectivity index (χ0v) is 8.72. The molecule has 0 spiro atoms. The fourth-order valence-electron chi connectivity index (χ4n) is 1.26. The summed E-state index contributed by atoms with van der Waals surface area (Å²) >= 11 is 0. The molecule has 4 heteroatoms. The van der Waals surface area contributed by atoms with Gasteiger partial charge in [0.15, 0.2) is 0 Å². The Hall–Kier alpha value is -1.12. The fraction of sp³-hybridized carbons (Fsp3) is 0. The molecule has 0 fully saturated rings. The average Bonchev–Trinajstić information content (AvgIpc) is 2.12. The van der Waals surface area contributed by atoms with Gasteiger partial charge >= 0.3 is 0 Å². The third-order valence-electron chi connectivity index (χ3n) is 1.91. The number of rotatable bonds is 0. The Morgan fingerprint density at radius 1 is 1.00 bits per heavy atom. The number of benzene rings is 1. The van der Waals surface area contributed by atoms with Crippen LogP contribution in [0.5, 0.6) is 0 Å². The second-order valence-corrected chi connectivity index (χ2v) is 2.71. The first kappa shape index (κ1) is 12.9.